The zero-order chi connectivity index (χ0) is 21.4. The fourth-order valence-corrected chi connectivity index (χ4v) is 4.77. The second-order valence-corrected chi connectivity index (χ2v) is 8.12. The van der Waals surface area contributed by atoms with Crippen LogP contribution in [0, 0.1) is 0 Å². The molecule has 1 atom stereocenters. The van der Waals surface area contributed by atoms with E-state index in [0.717, 1.165) is 16.9 Å². The number of carbonyl (C=O) groups is 2. The number of hydrogen-bond donors (Lipinski definition) is 0. The van der Waals surface area contributed by atoms with E-state index in [9.17, 15) is 9.59 Å². The molecule has 0 N–H and O–H groups in total. The largest absolute Gasteiger partial charge is 0.497 e. The normalized spacial score (nSPS) is 22.8. The first kappa shape index (κ1) is 20.2. The van der Waals surface area contributed by atoms with Gasteiger partial charge in [-0.1, -0.05) is 18.2 Å². The van der Waals surface area contributed by atoms with E-state index in [0.29, 0.717) is 32.5 Å². The van der Waals surface area contributed by atoms with Crippen molar-refractivity contribution < 1.29 is 19.1 Å². The Morgan fingerprint density at radius 2 is 2.00 bits per heavy atom. The number of likely N-dealkylation sites (tertiary alicyclic amines) is 1. The third kappa shape index (κ3) is 3.18. The fraction of sp³-hybridized carbons (Fsp3) is 0.435. The molecule has 0 radical (unpaired) electrons. The van der Waals surface area contributed by atoms with Crippen LogP contribution in [0.15, 0.2) is 48.8 Å². The molecule has 0 saturated carbocycles. The number of nitrogens with zero attached hydrogens (tertiary/aromatic N) is 3. The maximum atomic E-state index is 13.2. The van der Waals surface area contributed by atoms with E-state index in [-0.39, 0.29) is 12.0 Å². The van der Waals surface area contributed by atoms with Gasteiger partial charge in [0.05, 0.1) is 13.7 Å². The van der Waals surface area contributed by atoms with Crippen LogP contribution in [0.25, 0.3) is 0 Å². The van der Waals surface area contributed by atoms with Crippen molar-refractivity contribution >= 4 is 12.0 Å². The Kier molecular flexibility index (Phi) is 5.13. The molecule has 2 aliphatic heterocycles. The van der Waals surface area contributed by atoms with E-state index in [1.165, 1.54) is 0 Å². The van der Waals surface area contributed by atoms with Gasteiger partial charge in [-0.05, 0) is 36.2 Å². The van der Waals surface area contributed by atoms with E-state index in [1.807, 2.05) is 41.3 Å². The molecule has 1 aromatic carbocycles. The fourth-order valence-electron chi connectivity index (χ4n) is 4.77. The van der Waals surface area contributed by atoms with Crippen molar-refractivity contribution in [2.24, 2.45) is 0 Å². The number of hydrogen-bond acceptors (Lipinski definition) is 5. The first-order valence-corrected chi connectivity index (χ1v) is 10.2. The second kappa shape index (κ2) is 7.63. The Hall–Kier alpha value is -3.09. The Bertz CT molecular complexity index is 940. The van der Waals surface area contributed by atoms with Crippen molar-refractivity contribution in [2.45, 2.75) is 44.4 Å². The third-order valence-electron chi connectivity index (χ3n) is 6.65. The van der Waals surface area contributed by atoms with Crippen LogP contribution in [-0.4, -0.2) is 52.6 Å². The van der Waals surface area contributed by atoms with Gasteiger partial charge in [0.1, 0.15) is 16.9 Å². The number of amides is 2. The lowest BCUT2D eigenvalue weighted by Crippen LogP contribution is -2.58. The summed E-state index contributed by atoms with van der Waals surface area (Å²) in [4.78, 5) is 33.0. The second-order valence-electron chi connectivity index (χ2n) is 8.12. The smallest absolute Gasteiger partial charge is 0.411 e. The van der Waals surface area contributed by atoms with Gasteiger partial charge >= 0.3 is 6.09 Å². The van der Waals surface area contributed by atoms with Gasteiger partial charge in [-0.25, -0.2) is 4.79 Å². The number of piperidine rings is 1. The van der Waals surface area contributed by atoms with E-state index in [2.05, 4.69) is 11.9 Å². The van der Waals surface area contributed by atoms with E-state index in [1.54, 1.807) is 31.3 Å². The van der Waals surface area contributed by atoms with Gasteiger partial charge in [-0.2, -0.15) is 0 Å². The van der Waals surface area contributed by atoms with E-state index < -0.39 is 11.1 Å². The van der Waals surface area contributed by atoms with Crippen LogP contribution in [0.1, 0.15) is 37.8 Å². The summed E-state index contributed by atoms with van der Waals surface area (Å²) in [6.45, 7) is 5.14. The number of pyridine rings is 1. The van der Waals surface area contributed by atoms with Gasteiger partial charge in [0.2, 0.25) is 5.91 Å². The van der Waals surface area contributed by atoms with E-state index >= 15 is 0 Å². The molecule has 2 amide bonds. The summed E-state index contributed by atoms with van der Waals surface area (Å²) in [5.74, 6) is 0.790. The van der Waals surface area contributed by atoms with Crippen molar-refractivity contribution in [2.75, 3.05) is 20.2 Å². The zero-order valence-electron chi connectivity index (χ0n) is 17.6. The number of rotatable bonds is 4. The van der Waals surface area contributed by atoms with Crippen LogP contribution < -0.4 is 4.74 Å². The van der Waals surface area contributed by atoms with E-state index in [4.69, 9.17) is 9.47 Å². The molecule has 0 aliphatic carbocycles. The molecular formula is C23H27N3O4. The van der Waals surface area contributed by atoms with Crippen LogP contribution in [-0.2, 0) is 21.6 Å². The number of carbonyl (C=O) groups excluding carboxylic acids is 2. The zero-order valence-corrected chi connectivity index (χ0v) is 17.6. The van der Waals surface area contributed by atoms with Crippen molar-refractivity contribution in [3.63, 3.8) is 0 Å². The minimum atomic E-state index is -0.724. The van der Waals surface area contributed by atoms with Gasteiger partial charge in [0, 0.05) is 45.2 Å². The molecule has 1 spiro atoms. The van der Waals surface area contributed by atoms with Crippen LogP contribution >= 0.6 is 0 Å². The summed E-state index contributed by atoms with van der Waals surface area (Å²) in [6, 6.07) is 11.6. The monoisotopic (exact) mass is 409 g/mol. The molecule has 7 nitrogen and oxygen atoms in total. The van der Waals surface area contributed by atoms with Crippen LogP contribution in [0.5, 0.6) is 5.75 Å². The lowest BCUT2D eigenvalue weighted by Gasteiger charge is -2.48. The Morgan fingerprint density at radius 1 is 1.23 bits per heavy atom. The summed E-state index contributed by atoms with van der Waals surface area (Å²) < 4.78 is 11.5. The van der Waals surface area contributed by atoms with Crippen molar-refractivity contribution in [3.8, 4) is 5.75 Å². The van der Waals surface area contributed by atoms with Crippen molar-refractivity contribution in [3.05, 3.63) is 59.9 Å². The molecular weight excluding hydrogens is 382 g/mol. The minimum Gasteiger partial charge on any atom is -0.497 e. The molecule has 30 heavy (non-hydrogen) atoms. The molecule has 2 fully saturated rings. The average Bonchev–Trinajstić information content (AvgIpc) is 2.96. The molecule has 2 saturated heterocycles. The molecule has 7 heteroatoms. The maximum Gasteiger partial charge on any atom is 0.411 e. The van der Waals surface area contributed by atoms with Gasteiger partial charge < -0.3 is 14.4 Å². The van der Waals surface area contributed by atoms with Crippen molar-refractivity contribution in [1.82, 2.24) is 14.8 Å². The van der Waals surface area contributed by atoms with Crippen LogP contribution in [0.2, 0.25) is 0 Å². The number of benzene rings is 1. The number of methoxy groups -OCH3 is 1. The summed E-state index contributed by atoms with van der Waals surface area (Å²) in [6.07, 6.45) is 4.35. The highest BCUT2D eigenvalue weighted by molar-refractivity contribution is 5.75. The summed E-state index contributed by atoms with van der Waals surface area (Å²) >= 11 is 0. The van der Waals surface area contributed by atoms with Crippen molar-refractivity contribution in [1.29, 1.82) is 0 Å². The predicted octanol–water partition coefficient (Wildman–Crippen LogP) is 3.34. The summed E-state index contributed by atoms with van der Waals surface area (Å²) in [5.41, 5.74) is 0.442. The molecule has 2 aromatic rings. The molecule has 1 unspecified atom stereocenters. The summed E-state index contributed by atoms with van der Waals surface area (Å²) in [5, 5.41) is 0. The first-order chi connectivity index (χ1) is 14.4. The molecule has 0 bridgehead atoms. The Morgan fingerprint density at radius 3 is 2.63 bits per heavy atom. The highest BCUT2D eigenvalue weighted by Gasteiger charge is 2.63. The molecule has 4 rings (SSSR count). The maximum absolute atomic E-state index is 13.2. The number of ether oxygens (including phenoxy) is 2. The Balaban J connectivity index is 1.74. The lowest BCUT2D eigenvalue weighted by molar-refractivity contribution is -0.134. The van der Waals surface area contributed by atoms with Gasteiger partial charge in [-0.15, -0.1) is 0 Å². The quantitative estimate of drug-likeness (QED) is 0.775. The topological polar surface area (TPSA) is 72.0 Å². The minimum absolute atomic E-state index is 0.0468. The lowest BCUT2D eigenvalue weighted by atomic mass is 9.70. The third-order valence-corrected chi connectivity index (χ3v) is 6.65. The molecule has 2 aliphatic rings. The average molecular weight is 409 g/mol. The summed E-state index contributed by atoms with van der Waals surface area (Å²) in [7, 11) is 1.63. The molecule has 3 heterocycles. The van der Waals surface area contributed by atoms with Crippen LogP contribution in [0.4, 0.5) is 4.79 Å². The highest BCUT2D eigenvalue weighted by Crippen LogP contribution is 2.52. The number of aromatic nitrogens is 1. The first-order valence-electron chi connectivity index (χ1n) is 10.2. The van der Waals surface area contributed by atoms with Gasteiger partial charge in [0.25, 0.3) is 0 Å². The molecule has 158 valence electrons. The highest BCUT2D eigenvalue weighted by atomic mass is 16.6. The van der Waals surface area contributed by atoms with Crippen LogP contribution in [0.3, 0.4) is 0 Å². The van der Waals surface area contributed by atoms with Gasteiger partial charge in [-0.3, -0.25) is 14.7 Å². The van der Waals surface area contributed by atoms with Gasteiger partial charge in [0.15, 0.2) is 0 Å². The predicted molar refractivity (Wildman–Crippen MR) is 111 cm³/mol. The standard InChI is InChI=1S/C23H27N3O4/c1-17(27)25-12-9-23(10-13-25)22(2,19-7-5-11-24-15-19)26(21(28)30-23)16-18-6-4-8-20(14-18)29-3/h4-8,11,14-15H,9-10,12-13,16H2,1-3H3. The Labute approximate surface area is 176 Å². The SMILES string of the molecule is COc1cccc(CN2C(=O)OC3(CCN(C(C)=O)CC3)C2(C)c2cccnc2)c1. The molecule has 1 aromatic heterocycles.